The fraction of sp³-hybridized carbons (Fsp3) is 0.565. The number of aromatic nitrogens is 5. The van der Waals surface area contributed by atoms with Crippen LogP contribution < -0.4 is 10.6 Å². The third kappa shape index (κ3) is 5.08. The van der Waals surface area contributed by atoms with Crippen LogP contribution in [0.1, 0.15) is 61.5 Å². The highest BCUT2D eigenvalue weighted by Gasteiger charge is 2.58. The number of nitrogens with one attached hydrogen (secondary N) is 3. The average Bonchev–Trinajstić information content (AvgIpc) is 3.53. The minimum Gasteiger partial charge on any atom is -0.443 e. The number of hydrogen-bond acceptors (Lipinski definition) is 7. The summed E-state index contributed by atoms with van der Waals surface area (Å²) in [7, 11) is 0. The summed E-state index contributed by atoms with van der Waals surface area (Å²) < 4.78 is 89.4. The van der Waals surface area contributed by atoms with Crippen LogP contribution in [0.25, 0.3) is 5.52 Å². The van der Waals surface area contributed by atoms with E-state index in [0.717, 1.165) is 30.0 Å². The second kappa shape index (κ2) is 9.27. The van der Waals surface area contributed by atoms with Crippen molar-refractivity contribution in [2.24, 2.45) is 5.92 Å². The van der Waals surface area contributed by atoms with Gasteiger partial charge in [-0.1, -0.05) is 0 Å². The second-order valence-corrected chi connectivity index (χ2v) is 10.3. The molecule has 4 fully saturated rings. The van der Waals surface area contributed by atoms with Crippen molar-refractivity contribution in [2.75, 3.05) is 5.32 Å². The number of ether oxygens (including phenoxy) is 2. The molecule has 4 saturated carbocycles. The van der Waals surface area contributed by atoms with Gasteiger partial charge >= 0.3 is 12.5 Å². The molecular formula is C23H23F6N7O3. The van der Waals surface area contributed by atoms with E-state index in [9.17, 15) is 26.7 Å². The molecule has 0 radical (unpaired) electrons. The van der Waals surface area contributed by atoms with Crippen molar-refractivity contribution in [1.29, 1.82) is 0 Å². The number of rotatable bonds is 8. The summed E-state index contributed by atoms with van der Waals surface area (Å²) in [6.45, 7) is -0.927. The monoisotopic (exact) mass is 559 g/mol. The van der Waals surface area contributed by atoms with Gasteiger partial charge in [-0.15, -0.1) is 13.2 Å². The van der Waals surface area contributed by atoms with Crippen molar-refractivity contribution in [1.82, 2.24) is 30.1 Å². The highest BCUT2D eigenvalue weighted by Crippen LogP contribution is 2.57. The number of carbonyl (C=O) groups excluding carboxylic acids is 1. The van der Waals surface area contributed by atoms with Gasteiger partial charge in [-0.05, 0) is 44.1 Å². The molecule has 3 aromatic heterocycles. The summed E-state index contributed by atoms with van der Waals surface area (Å²) in [5.74, 6) is -0.0200. The number of aromatic amines is 1. The first-order valence-corrected chi connectivity index (χ1v) is 12.3. The molecule has 210 valence electrons. The van der Waals surface area contributed by atoms with Crippen LogP contribution in [0.5, 0.6) is 0 Å². The topological polar surface area (TPSA) is 118 Å². The molecule has 1 amide bonds. The Morgan fingerprint density at radius 1 is 1.23 bits per heavy atom. The molecule has 0 unspecified atom stereocenters. The lowest BCUT2D eigenvalue weighted by atomic mass is 9.50. The van der Waals surface area contributed by atoms with E-state index in [1.54, 1.807) is 0 Å². The van der Waals surface area contributed by atoms with Gasteiger partial charge in [-0.2, -0.15) is 10.2 Å². The Hall–Kier alpha value is -3.56. The van der Waals surface area contributed by atoms with Crippen molar-refractivity contribution >= 4 is 23.2 Å². The number of alkyl halides is 6. The van der Waals surface area contributed by atoms with Crippen molar-refractivity contribution < 1.29 is 40.6 Å². The third-order valence-electron chi connectivity index (χ3n) is 7.54. The van der Waals surface area contributed by atoms with Crippen LogP contribution in [0.4, 0.5) is 42.8 Å². The third-order valence-corrected chi connectivity index (χ3v) is 7.54. The molecule has 3 N–H and O–H groups in total. The molecule has 39 heavy (non-hydrogen) atoms. The number of carbonyl (C=O) groups is 1. The van der Waals surface area contributed by atoms with Gasteiger partial charge in [0.2, 0.25) is 0 Å². The van der Waals surface area contributed by atoms with Gasteiger partial charge < -0.3 is 15.4 Å². The second-order valence-electron chi connectivity index (χ2n) is 10.3. The molecule has 3 aromatic rings. The molecule has 3 atom stereocenters. The number of fused-ring (bicyclic) bond motifs is 1. The fourth-order valence-corrected chi connectivity index (χ4v) is 5.58. The van der Waals surface area contributed by atoms with Gasteiger partial charge in [0, 0.05) is 23.2 Å². The molecule has 4 aliphatic carbocycles. The van der Waals surface area contributed by atoms with Crippen molar-refractivity contribution in [2.45, 2.75) is 75.2 Å². The summed E-state index contributed by atoms with van der Waals surface area (Å²) >= 11 is 0. The first-order chi connectivity index (χ1) is 18.5. The number of amides is 1. The van der Waals surface area contributed by atoms with Gasteiger partial charge in [-0.3, -0.25) is 9.84 Å². The van der Waals surface area contributed by atoms with Gasteiger partial charge in [0.25, 0.3) is 6.43 Å². The molecule has 0 saturated heterocycles. The number of hydrogen-bond donors (Lipinski definition) is 3. The molecule has 2 bridgehead atoms. The summed E-state index contributed by atoms with van der Waals surface area (Å²) in [5.41, 5.74) is -0.537. The maximum absolute atomic E-state index is 15.2. The van der Waals surface area contributed by atoms with E-state index in [1.807, 2.05) is 0 Å². The minimum atomic E-state index is -4.90. The largest absolute Gasteiger partial charge is 0.522 e. The Bertz CT molecular complexity index is 1380. The van der Waals surface area contributed by atoms with Crippen LogP contribution in [0.2, 0.25) is 0 Å². The molecule has 16 heteroatoms. The molecule has 0 aliphatic heterocycles. The summed E-state index contributed by atoms with van der Waals surface area (Å²) in [5, 5.41) is 16.2. The van der Waals surface area contributed by atoms with Crippen molar-refractivity contribution in [3.8, 4) is 0 Å². The zero-order chi connectivity index (χ0) is 27.5. The Morgan fingerprint density at radius 3 is 2.67 bits per heavy atom. The van der Waals surface area contributed by atoms with E-state index in [-0.39, 0.29) is 28.4 Å². The molecule has 4 aliphatic rings. The Balaban J connectivity index is 1.15. The average molecular weight is 559 g/mol. The fourth-order valence-electron chi connectivity index (χ4n) is 5.58. The predicted molar refractivity (Wildman–Crippen MR) is 121 cm³/mol. The van der Waals surface area contributed by atoms with Gasteiger partial charge in [0.15, 0.2) is 11.6 Å². The van der Waals surface area contributed by atoms with Crippen LogP contribution in [0, 0.1) is 5.92 Å². The van der Waals surface area contributed by atoms with Crippen LogP contribution in [-0.2, 0) is 16.1 Å². The lowest BCUT2D eigenvalue weighted by Gasteiger charge is -2.61. The van der Waals surface area contributed by atoms with Crippen LogP contribution in [-0.4, -0.2) is 55.1 Å². The zero-order valence-electron chi connectivity index (χ0n) is 20.1. The van der Waals surface area contributed by atoms with Gasteiger partial charge in [-0.25, -0.2) is 27.5 Å². The standard InChI is InChI=1S/C23H23F6N7O3/c24-18-12(1-2-16(18)39-21(37)32-22-5-10(6-22)7-22)13-4-17(34-33-13)31-20-15-3-11(9-38-23(27,28)29)35-36(15)8-14(30-20)19(25)26/h3-4,8,10,12,16,18-19H,1-2,5-7,9H2,(H,32,37)(H2,30,31,33,34)/t10?,12-,16-,18+,22?/m0/s1. The molecule has 0 spiro atoms. The summed E-state index contributed by atoms with van der Waals surface area (Å²) in [6.07, 6.45) is -6.53. The Kier molecular flexibility index (Phi) is 6.11. The van der Waals surface area contributed by atoms with E-state index < -0.39 is 49.4 Å². The number of alkyl carbamates (subject to hydrolysis) is 1. The van der Waals surface area contributed by atoms with Gasteiger partial charge in [0.05, 0.1) is 11.9 Å². The van der Waals surface area contributed by atoms with Crippen LogP contribution in [0.15, 0.2) is 18.3 Å². The maximum atomic E-state index is 15.2. The first-order valence-electron chi connectivity index (χ1n) is 12.3. The van der Waals surface area contributed by atoms with Crippen LogP contribution in [0.3, 0.4) is 0 Å². The van der Waals surface area contributed by atoms with E-state index in [2.05, 4.69) is 35.7 Å². The maximum Gasteiger partial charge on any atom is 0.522 e. The Morgan fingerprint density at radius 2 is 2.00 bits per heavy atom. The summed E-state index contributed by atoms with van der Waals surface area (Å²) in [4.78, 5) is 16.1. The molecule has 0 aromatic carbocycles. The molecule has 7 rings (SSSR count). The highest BCUT2D eigenvalue weighted by atomic mass is 19.4. The smallest absolute Gasteiger partial charge is 0.443 e. The van der Waals surface area contributed by atoms with Crippen molar-refractivity contribution in [3.05, 3.63) is 35.4 Å². The Labute approximate surface area is 216 Å². The normalized spacial score (nSPS) is 27.9. The van der Waals surface area contributed by atoms with E-state index in [1.165, 1.54) is 12.1 Å². The van der Waals surface area contributed by atoms with Crippen molar-refractivity contribution in [3.63, 3.8) is 0 Å². The highest BCUT2D eigenvalue weighted by molar-refractivity contribution is 5.73. The SMILES string of the molecule is O=C(NC12CC(C1)C2)O[C@H]1CC[C@@H](c2cc(Nc3nc(C(F)F)cn4nc(COC(F)(F)F)cc34)n[nH]2)[C@H]1F. The van der Waals surface area contributed by atoms with Gasteiger partial charge in [0.1, 0.15) is 30.1 Å². The number of halogens is 6. The number of nitrogens with zero attached hydrogens (tertiary/aromatic N) is 4. The molecule has 3 heterocycles. The number of H-pyrrole nitrogens is 1. The van der Waals surface area contributed by atoms with E-state index in [4.69, 9.17) is 4.74 Å². The van der Waals surface area contributed by atoms with E-state index in [0.29, 0.717) is 24.5 Å². The zero-order valence-corrected chi connectivity index (χ0v) is 20.1. The lowest BCUT2D eigenvalue weighted by Crippen LogP contribution is -2.68. The lowest BCUT2D eigenvalue weighted by molar-refractivity contribution is -0.330. The summed E-state index contributed by atoms with van der Waals surface area (Å²) in [6, 6.07) is 2.68. The molecular weight excluding hydrogens is 536 g/mol. The first kappa shape index (κ1) is 25.7. The minimum absolute atomic E-state index is 0.0946. The quantitative estimate of drug-likeness (QED) is 0.331. The van der Waals surface area contributed by atoms with E-state index >= 15 is 4.39 Å². The number of anilines is 2. The molecule has 10 nitrogen and oxygen atoms in total. The van der Waals surface area contributed by atoms with Crippen LogP contribution >= 0.6 is 0 Å². The predicted octanol–water partition coefficient (Wildman–Crippen LogP) is 5.03.